The Morgan fingerprint density at radius 1 is 1.17 bits per heavy atom. The van der Waals surface area contributed by atoms with E-state index in [2.05, 4.69) is 48.1 Å². The fourth-order valence-electron chi connectivity index (χ4n) is 7.39. The molecule has 0 saturated heterocycles. The summed E-state index contributed by atoms with van der Waals surface area (Å²) in [5, 5.41) is 2.93. The van der Waals surface area contributed by atoms with Crippen molar-refractivity contribution in [2.45, 2.75) is 57.8 Å². The lowest BCUT2D eigenvalue weighted by molar-refractivity contribution is -0.116. The van der Waals surface area contributed by atoms with Gasteiger partial charge in [0.15, 0.2) is 0 Å². The molecule has 1 aromatic heterocycles. The van der Waals surface area contributed by atoms with Crippen molar-refractivity contribution in [3.8, 4) is 0 Å². The van der Waals surface area contributed by atoms with Crippen LogP contribution in [0.15, 0.2) is 54.7 Å². The van der Waals surface area contributed by atoms with Gasteiger partial charge in [-0.15, -0.1) is 0 Å². The number of carbonyl (C=O) groups is 2. The first kappa shape index (κ1) is 23.8. The quantitative estimate of drug-likeness (QED) is 0.557. The molecule has 5 atom stereocenters. The Labute approximate surface area is 209 Å². The van der Waals surface area contributed by atoms with Gasteiger partial charge in [0.1, 0.15) is 5.82 Å². The summed E-state index contributed by atoms with van der Waals surface area (Å²) in [6.45, 7) is 6.97. The Hall–Kier alpha value is -2.95. The van der Waals surface area contributed by atoms with E-state index in [1.807, 2.05) is 0 Å². The molecule has 0 spiro atoms. The molecule has 3 aliphatic rings. The van der Waals surface area contributed by atoms with Gasteiger partial charge in [-0.25, -0.2) is 4.98 Å². The van der Waals surface area contributed by atoms with Crippen molar-refractivity contribution >= 4 is 17.6 Å². The number of anilines is 1. The third-order valence-corrected chi connectivity index (χ3v) is 9.14. The predicted octanol–water partition coefficient (Wildman–Crippen LogP) is 5.84. The molecule has 2 saturated carbocycles. The third-order valence-electron chi connectivity index (χ3n) is 9.14. The zero-order chi connectivity index (χ0) is 24.7. The number of nitrogens with one attached hydrogen (secondary N) is 1. The van der Waals surface area contributed by atoms with E-state index in [4.69, 9.17) is 0 Å². The summed E-state index contributed by atoms with van der Waals surface area (Å²) in [5.74, 6) is 2.81. The van der Waals surface area contributed by atoms with Gasteiger partial charge in [0.2, 0.25) is 5.91 Å². The fourth-order valence-corrected chi connectivity index (χ4v) is 7.39. The molecule has 1 heterocycles. The Balaban J connectivity index is 1.25. The van der Waals surface area contributed by atoms with E-state index < -0.39 is 0 Å². The zero-order valence-corrected chi connectivity index (χ0v) is 21.2. The molecule has 35 heavy (non-hydrogen) atoms. The summed E-state index contributed by atoms with van der Waals surface area (Å²) in [5.41, 5.74) is 5.22. The smallest absolute Gasteiger partial charge is 0.254 e. The van der Waals surface area contributed by atoms with E-state index in [1.165, 1.54) is 47.9 Å². The highest BCUT2D eigenvalue weighted by Crippen LogP contribution is 2.65. The van der Waals surface area contributed by atoms with Gasteiger partial charge >= 0.3 is 0 Å². The number of aromatic nitrogens is 1. The highest BCUT2D eigenvalue weighted by molar-refractivity contribution is 5.94. The van der Waals surface area contributed by atoms with Gasteiger partial charge in [-0.05, 0) is 90.9 Å². The van der Waals surface area contributed by atoms with E-state index in [-0.39, 0.29) is 17.2 Å². The summed E-state index contributed by atoms with van der Waals surface area (Å²) >= 11 is 0. The van der Waals surface area contributed by atoms with Gasteiger partial charge < -0.3 is 10.2 Å². The molecule has 0 bridgehead atoms. The summed E-state index contributed by atoms with van der Waals surface area (Å²) in [7, 11) is 3.42. The normalized spacial score (nSPS) is 29.1. The number of allylic oxidation sites excluding steroid dienone is 1. The summed E-state index contributed by atoms with van der Waals surface area (Å²) in [6, 6.07) is 12.4. The second-order valence-electron chi connectivity index (χ2n) is 11.3. The van der Waals surface area contributed by atoms with E-state index in [9.17, 15) is 9.59 Å². The van der Waals surface area contributed by atoms with Crippen molar-refractivity contribution in [1.29, 1.82) is 0 Å². The average molecular weight is 472 g/mol. The molecule has 1 N–H and O–H groups in total. The molecule has 1 aromatic carbocycles. The van der Waals surface area contributed by atoms with Crippen LogP contribution in [0.5, 0.6) is 0 Å². The molecule has 3 unspecified atom stereocenters. The maximum absolute atomic E-state index is 12.8. The van der Waals surface area contributed by atoms with Gasteiger partial charge in [0.25, 0.3) is 5.91 Å². The van der Waals surface area contributed by atoms with Crippen molar-refractivity contribution in [3.05, 3.63) is 71.4 Å². The van der Waals surface area contributed by atoms with Crippen LogP contribution in [0.1, 0.15) is 72.9 Å². The monoisotopic (exact) mass is 471 g/mol. The number of hydrogen-bond donors (Lipinski definition) is 1. The van der Waals surface area contributed by atoms with E-state index >= 15 is 0 Å². The largest absolute Gasteiger partial charge is 0.345 e. The van der Waals surface area contributed by atoms with Crippen LogP contribution < -0.4 is 5.32 Å². The Morgan fingerprint density at radius 2 is 1.97 bits per heavy atom. The Kier molecular flexibility index (Phi) is 6.29. The molecular weight excluding hydrogens is 434 g/mol. The van der Waals surface area contributed by atoms with Gasteiger partial charge in [0.05, 0.1) is 5.56 Å². The predicted molar refractivity (Wildman–Crippen MR) is 139 cm³/mol. The first-order valence-corrected chi connectivity index (χ1v) is 13.0. The second-order valence-corrected chi connectivity index (χ2v) is 11.3. The topological polar surface area (TPSA) is 62.3 Å². The number of nitrogens with zero attached hydrogens (tertiary/aromatic N) is 2. The number of amides is 2. The zero-order valence-electron chi connectivity index (χ0n) is 21.2. The van der Waals surface area contributed by atoms with Gasteiger partial charge in [-0.2, -0.15) is 0 Å². The fraction of sp³-hybridized carbons (Fsp3) is 0.500. The minimum absolute atomic E-state index is 0.00949. The van der Waals surface area contributed by atoms with Crippen molar-refractivity contribution < 1.29 is 9.59 Å². The van der Waals surface area contributed by atoms with Crippen molar-refractivity contribution in [3.63, 3.8) is 0 Å². The van der Waals surface area contributed by atoms with Gasteiger partial charge in [0, 0.05) is 26.7 Å². The lowest BCUT2D eigenvalue weighted by atomic mass is 9.53. The highest BCUT2D eigenvalue weighted by Gasteiger charge is 2.55. The molecule has 0 radical (unpaired) electrons. The van der Waals surface area contributed by atoms with Crippen LogP contribution in [0.25, 0.3) is 0 Å². The van der Waals surface area contributed by atoms with Gasteiger partial charge in [-0.1, -0.05) is 43.3 Å². The van der Waals surface area contributed by atoms with Crippen LogP contribution in [0, 0.1) is 23.2 Å². The molecule has 5 rings (SSSR count). The van der Waals surface area contributed by atoms with E-state index in [0.29, 0.717) is 41.5 Å². The molecular formula is C30H37N3O2. The first-order chi connectivity index (χ1) is 16.8. The molecule has 3 aliphatic carbocycles. The highest BCUT2D eigenvalue weighted by atomic mass is 16.2. The van der Waals surface area contributed by atoms with Crippen molar-refractivity contribution in [1.82, 2.24) is 9.88 Å². The maximum atomic E-state index is 12.8. The lowest BCUT2D eigenvalue weighted by Crippen LogP contribution is -2.42. The summed E-state index contributed by atoms with van der Waals surface area (Å²) in [4.78, 5) is 30.7. The molecule has 2 aromatic rings. The SMILES string of the molecule is C=C1C[C@@H](CCC(=O)Nc2ccc(C(=O)N(C)C)cn2)C2C3CCc4ccccc4C3CC[C@]12C. The Morgan fingerprint density at radius 3 is 2.71 bits per heavy atom. The number of carbonyl (C=O) groups excluding carboxylic acids is 2. The summed E-state index contributed by atoms with van der Waals surface area (Å²) < 4.78 is 0. The number of benzene rings is 1. The molecule has 0 aliphatic heterocycles. The van der Waals surface area contributed by atoms with E-state index in [1.54, 1.807) is 31.8 Å². The average Bonchev–Trinajstić information content (AvgIpc) is 3.12. The van der Waals surface area contributed by atoms with E-state index in [0.717, 1.165) is 12.8 Å². The summed E-state index contributed by atoms with van der Waals surface area (Å²) in [6.07, 6.45) is 8.80. The van der Waals surface area contributed by atoms with Crippen LogP contribution in [-0.4, -0.2) is 35.8 Å². The van der Waals surface area contributed by atoms with Crippen molar-refractivity contribution in [2.75, 3.05) is 19.4 Å². The van der Waals surface area contributed by atoms with Crippen molar-refractivity contribution in [2.24, 2.45) is 23.2 Å². The number of fused-ring (bicyclic) bond motifs is 5. The van der Waals surface area contributed by atoms with Crippen LogP contribution >= 0.6 is 0 Å². The first-order valence-electron chi connectivity index (χ1n) is 13.0. The third kappa shape index (κ3) is 4.30. The molecule has 5 heteroatoms. The van der Waals surface area contributed by atoms with Crippen LogP contribution in [0.2, 0.25) is 0 Å². The minimum atomic E-state index is -0.101. The van der Waals surface area contributed by atoms with Crippen LogP contribution in [0.4, 0.5) is 5.82 Å². The standard InChI is InChI=1S/C30H37N3O2/c1-19-17-21(11-14-27(34)32-26-13-10-22(18-31-26)29(35)33(3)4)28-25-12-9-20-7-5-6-8-23(20)24(25)15-16-30(19,28)2/h5-8,10,13,18,21,24-25,28H,1,9,11-12,14-17H2,2-4H3,(H,31,32,34)/t21-,24?,25?,28?,30-/m1/s1. The molecule has 184 valence electrons. The lowest BCUT2D eigenvalue weighted by Gasteiger charge is -2.51. The maximum Gasteiger partial charge on any atom is 0.254 e. The number of hydrogen-bond acceptors (Lipinski definition) is 3. The number of rotatable bonds is 5. The van der Waals surface area contributed by atoms with Crippen LogP contribution in [-0.2, 0) is 11.2 Å². The second kappa shape index (κ2) is 9.25. The number of aryl methyl sites for hydroxylation is 1. The number of pyridine rings is 1. The molecule has 5 nitrogen and oxygen atoms in total. The minimum Gasteiger partial charge on any atom is -0.345 e. The molecule has 2 amide bonds. The molecule has 2 fully saturated rings. The van der Waals surface area contributed by atoms with Crippen LogP contribution in [0.3, 0.4) is 0 Å². The Bertz CT molecular complexity index is 1140. The van der Waals surface area contributed by atoms with Gasteiger partial charge in [-0.3, -0.25) is 9.59 Å².